The van der Waals surface area contributed by atoms with E-state index in [1.807, 2.05) is 0 Å². The number of ether oxygens (including phenoxy) is 1. The second-order valence-corrected chi connectivity index (χ2v) is 4.29. The number of hydrogen-bond acceptors (Lipinski definition) is 4. The van der Waals surface area contributed by atoms with Gasteiger partial charge in [-0.1, -0.05) is 0 Å². The first-order chi connectivity index (χ1) is 6.00. The Hall–Kier alpha value is -0.610. The predicted molar refractivity (Wildman–Crippen MR) is 43.8 cm³/mol. The minimum absolute atomic E-state index is 0.0970. The number of carbonyl (C=O) groups excluding carboxylic acids is 1. The Morgan fingerprint density at radius 1 is 1.62 bits per heavy atom. The van der Waals surface area contributed by atoms with Crippen molar-refractivity contribution in [3.8, 4) is 0 Å². The molecule has 0 spiro atoms. The van der Waals surface area contributed by atoms with Crippen LogP contribution in [0.25, 0.3) is 0 Å². The normalized spacial score (nSPS) is 50.1. The van der Waals surface area contributed by atoms with E-state index in [-0.39, 0.29) is 30.8 Å². The van der Waals surface area contributed by atoms with Crippen molar-refractivity contribution in [1.82, 2.24) is 0 Å². The first-order valence-corrected chi connectivity index (χ1v) is 4.57. The van der Waals surface area contributed by atoms with Crippen LogP contribution in [0.3, 0.4) is 0 Å². The van der Waals surface area contributed by atoms with Gasteiger partial charge in [-0.25, -0.2) is 0 Å². The molecule has 0 aromatic rings. The third kappa shape index (κ3) is 1.34. The zero-order valence-corrected chi connectivity index (χ0v) is 7.56. The summed E-state index contributed by atoms with van der Waals surface area (Å²) in [5.74, 6) is -0.477. The van der Waals surface area contributed by atoms with E-state index in [9.17, 15) is 15.0 Å². The summed E-state index contributed by atoms with van der Waals surface area (Å²) in [6.45, 7) is 1.94. The highest BCUT2D eigenvalue weighted by molar-refractivity contribution is 5.70. The standard InChI is InChI=1S/C9H14O4/c1-9(12)3-7(10)5-2-8(11)13-4-6(5)9/h5-7,10,12H,2-4H2,1H3/t5-,6-,7+,9-/m0/s1. The van der Waals surface area contributed by atoms with E-state index >= 15 is 0 Å². The molecule has 13 heavy (non-hydrogen) atoms. The highest BCUT2D eigenvalue weighted by Crippen LogP contribution is 2.44. The van der Waals surface area contributed by atoms with Gasteiger partial charge in [0, 0.05) is 18.3 Å². The summed E-state index contributed by atoms with van der Waals surface area (Å²) < 4.78 is 4.87. The summed E-state index contributed by atoms with van der Waals surface area (Å²) in [4.78, 5) is 10.9. The second-order valence-electron chi connectivity index (χ2n) is 4.29. The molecular weight excluding hydrogens is 172 g/mol. The molecular formula is C9H14O4. The Balaban J connectivity index is 2.19. The van der Waals surface area contributed by atoms with Gasteiger partial charge in [-0.2, -0.15) is 0 Å². The van der Waals surface area contributed by atoms with Crippen LogP contribution < -0.4 is 0 Å². The highest BCUT2D eigenvalue weighted by Gasteiger charge is 2.52. The number of aliphatic hydroxyl groups is 2. The van der Waals surface area contributed by atoms with Gasteiger partial charge in [0.2, 0.25) is 0 Å². The van der Waals surface area contributed by atoms with E-state index in [2.05, 4.69) is 0 Å². The zero-order chi connectivity index (χ0) is 9.64. The monoisotopic (exact) mass is 186 g/mol. The van der Waals surface area contributed by atoms with E-state index < -0.39 is 11.7 Å². The molecule has 74 valence electrons. The van der Waals surface area contributed by atoms with Gasteiger partial charge in [0.05, 0.1) is 24.7 Å². The predicted octanol–water partition coefficient (Wildman–Crippen LogP) is -0.319. The molecule has 0 aromatic carbocycles. The van der Waals surface area contributed by atoms with Crippen LogP contribution in [0.4, 0.5) is 0 Å². The lowest BCUT2D eigenvalue weighted by Crippen LogP contribution is -2.40. The lowest BCUT2D eigenvalue weighted by Gasteiger charge is -2.31. The lowest BCUT2D eigenvalue weighted by molar-refractivity contribution is -0.158. The molecule has 0 unspecified atom stereocenters. The molecule has 0 aromatic heterocycles. The topological polar surface area (TPSA) is 66.8 Å². The number of rotatable bonds is 0. The largest absolute Gasteiger partial charge is 0.465 e. The summed E-state index contributed by atoms with van der Waals surface area (Å²) >= 11 is 0. The van der Waals surface area contributed by atoms with Crippen molar-refractivity contribution in [1.29, 1.82) is 0 Å². The van der Waals surface area contributed by atoms with E-state index in [1.165, 1.54) is 0 Å². The lowest BCUT2D eigenvalue weighted by atomic mass is 9.84. The molecule has 4 atom stereocenters. The van der Waals surface area contributed by atoms with E-state index in [0.717, 1.165) is 0 Å². The van der Waals surface area contributed by atoms with Crippen molar-refractivity contribution in [3.63, 3.8) is 0 Å². The van der Waals surface area contributed by atoms with Crippen LogP contribution in [-0.4, -0.2) is 34.5 Å². The summed E-state index contributed by atoms with van der Waals surface area (Å²) in [5.41, 5.74) is -0.884. The van der Waals surface area contributed by atoms with Gasteiger partial charge in [-0.05, 0) is 6.92 Å². The van der Waals surface area contributed by atoms with Gasteiger partial charge in [0.15, 0.2) is 0 Å². The van der Waals surface area contributed by atoms with Crippen molar-refractivity contribution in [2.45, 2.75) is 31.5 Å². The van der Waals surface area contributed by atoms with Crippen LogP contribution >= 0.6 is 0 Å². The fourth-order valence-corrected chi connectivity index (χ4v) is 2.47. The maximum atomic E-state index is 10.9. The Bertz CT molecular complexity index is 236. The fourth-order valence-electron chi connectivity index (χ4n) is 2.47. The van der Waals surface area contributed by atoms with E-state index in [0.29, 0.717) is 6.42 Å². The Morgan fingerprint density at radius 2 is 2.31 bits per heavy atom. The van der Waals surface area contributed by atoms with Gasteiger partial charge in [0.1, 0.15) is 0 Å². The molecule has 1 saturated heterocycles. The zero-order valence-electron chi connectivity index (χ0n) is 7.56. The van der Waals surface area contributed by atoms with Gasteiger partial charge >= 0.3 is 5.97 Å². The minimum Gasteiger partial charge on any atom is -0.465 e. The molecule has 1 aliphatic heterocycles. The SMILES string of the molecule is C[C@]1(O)C[C@@H](O)[C@H]2CC(=O)OC[C@@H]21. The van der Waals surface area contributed by atoms with Gasteiger partial charge < -0.3 is 14.9 Å². The minimum atomic E-state index is -0.884. The second kappa shape index (κ2) is 2.69. The van der Waals surface area contributed by atoms with Gasteiger partial charge in [-0.15, -0.1) is 0 Å². The molecule has 2 N–H and O–H groups in total. The third-order valence-electron chi connectivity index (χ3n) is 3.26. The first-order valence-electron chi connectivity index (χ1n) is 4.57. The number of hydrogen-bond donors (Lipinski definition) is 2. The molecule has 0 bridgehead atoms. The maximum Gasteiger partial charge on any atom is 0.306 e. The van der Waals surface area contributed by atoms with Crippen LogP contribution in [0.5, 0.6) is 0 Å². The van der Waals surface area contributed by atoms with Crippen molar-refractivity contribution in [2.75, 3.05) is 6.61 Å². The summed E-state index contributed by atoms with van der Waals surface area (Å²) in [7, 11) is 0. The third-order valence-corrected chi connectivity index (χ3v) is 3.26. The highest BCUT2D eigenvalue weighted by atomic mass is 16.5. The number of carbonyl (C=O) groups is 1. The van der Waals surface area contributed by atoms with E-state index in [1.54, 1.807) is 6.92 Å². The molecule has 1 aliphatic carbocycles. The number of aliphatic hydroxyl groups excluding tert-OH is 1. The van der Waals surface area contributed by atoms with E-state index in [4.69, 9.17) is 4.74 Å². The average Bonchev–Trinajstić information content (AvgIpc) is 2.22. The van der Waals surface area contributed by atoms with Crippen molar-refractivity contribution in [2.24, 2.45) is 11.8 Å². The first kappa shape index (κ1) is 8.97. The van der Waals surface area contributed by atoms with Crippen LogP contribution in [0.1, 0.15) is 19.8 Å². The van der Waals surface area contributed by atoms with Crippen LogP contribution in [0.2, 0.25) is 0 Å². The molecule has 2 rings (SSSR count). The van der Waals surface area contributed by atoms with Gasteiger partial charge in [-0.3, -0.25) is 4.79 Å². The molecule has 1 saturated carbocycles. The van der Waals surface area contributed by atoms with Crippen LogP contribution in [0, 0.1) is 11.8 Å². The summed E-state index contributed by atoms with van der Waals surface area (Å²) in [5, 5.41) is 19.5. The smallest absolute Gasteiger partial charge is 0.306 e. The molecule has 4 nitrogen and oxygen atoms in total. The molecule has 1 heterocycles. The van der Waals surface area contributed by atoms with Crippen LogP contribution in [-0.2, 0) is 9.53 Å². The molecule has 2 aliphatic rings. The molecule has 0 radical (unpaired) electrons. The fraction of sp³-hybridized carbons (Fsp3) is 0.889. The molecule has 4 heteroatoms. The van der Waals surface area contributed by atoms with Crippen molar-refractivity contribution >= 4 is 5.97 Å². The summed E-state index contributed by atoms with van der Waals surface area (Å²) in [6, 6.07) is 0. The number of esters is 1. The summed E-state index contributed by atoms with van der Waals surface area (Å²) in [6.07, 6.45) is 0.0221. The Kier molecular flexibility index (Phi) is 1.85. The Morgan fingerprint density at radius 3 is 3.00 bits per heavy atom. The quantitative estimate of drug-likeness (QED) is 0.509. The molecule has 0 amide bonds. The maximum absolute atomic E-state index is 10.9. The number of cyclic esters (lactones) is 1. The van der Waals surface area contributed by atoms with Crippen molar-refractivity contribution < 1.29 is 19.7 Å². The van der Waals surface area contributed by atoms with Crippen molar-refractivity contribution in [3.05, 3.63) is 0 Å². The number of fused-ring (bicyclic) bond motifs is 1. The molecule has 2 fully saturated rings. The van der Waals surface area contributed by atoms with Crippen LogP contribution in [0.15, 0.2) is 0 Å². The van der Waals surface area contributed by atoms with Gasteiger partial charge in [0.25, 0.3) is 0 Å². The average molecular weight is 186 g/mol. The Labute approximate surface area is 76.5 Å².